The van der Waals surface area contributed by atoms with Crippen LogP contribution in [0.25, 0.3) is 10.8 Å². The van der Waals surface area contributed by atoms with Crippen molar-refractivity contribution in [1.82, 2.24) is 4.72 Å². The van der Waals surface area contributed by atoms with Crippen LogP contribution < -0.4 is 4.72 Å². The molecule has 0 atom stereocenters. The van der Waals surface area contributed by atoms with Gasteiger partial charge in [-0.2, -0.15) is 0 Å². The van der Waals surface area contributed by atoms with Crippen LogP contribution in [0.5, 0.6) is 0 Å². The van der Waals surface area contributed by atoms with E-state index in [1.807, 2.05) is 42.5 Å². The summed E-state index contributed by atoms with van der Waals surface area (Å²) in [4.78, 5) is 11.1. The summed E-state index contributed by atoms with van der Waals surface area (Å²) >= 11 is 0. The van der Waals surface area contributed by atoms with Gasteiger partial charge < -0.3 is 5.11 Å². The second-order valence-corrected chi connectivity index (χ2v) is 7.88. The first-order chi connectivity index (χ1) is 12.4. The molecule has 0 aliphatic heterocycles. The number of rotatable bonds is 6. The highest BCUT2D eigenvalue weighted by Gasteiger charge is 2.17. The fourth-order valence-electron chi connectivity index (χ4n) is 2.81. The topological polar surface area (TPSA) is 83.5 Å². The molecule has 0 aliphatic rings. The van der Waals surface area contributed by atoms with Gasteiger partial charge in [-0.3, -0.25) is 0 Å². The second kappa shape index (κ2) is 7.27. The van der Waals surface area contributed by atoms with E-state index in [0.29, 0.717) is 12.0 Å². The summed E-state index contributed by atoms with van der Waals surface area (Å²) in [5.41, 5.74) is 1.54. The number of carboxylic acid groups (broad SMARTS) is 1. The molecule has 0 fully saturated rings. The predicted octanol–water partition coefficient (Wildman–Crippen LogP) is 3.37. The first-order valence-electron chi connectivity index (χ1n) is 8.18. The Morgan fingerprint density at radius 2 is 1.73 bits per heavy atom. The average molecular weight is 369 g/mol. The van der Waals surface area contributed by atoms with Crippen LogP contribution in [0, 0.1) is 6.92 Å². The lowest BCUT2D eigenvalue weighted by molar-refractivity contribution is 0.0696. The Labute approximate surface area is 152 Å². The van der Waals surface area contributed by atoms with Crippen LogP contribution in [0.15, 0.2) is 65.6 Å². The summed E-state index contributed by atoms with van der Waals surface area (Å²) in [6.45, 7) is 1.87. The van der Waals surface area contributed by atoms with E-state index in [0.717, 1.165) is 16.3 Å². The summed E-state index contributed by atoms with van der Waals surface area (Å²) in [7, 11) is -3.76. The Hall–Kier alpha value is -2.70. The number of fused-ring (bicyclic) bond motifs is 1. The van der Waals surface area contributed by atoms with Crippen LogP contribution in [-0.4, -0.2) is 26.0 Å². The highest BCUT2D eigenvalue weighted by molar-refractivity contribution is 7.89. The van der Waals surface area contributed by atoms with Gasteiger partial charge in [-0.25, -0.2) is 17.9 Å². The SMILES string of the molecule is Cc1ccc(S(=O)(=O)NCCc2ccc3ccccc3c2)cc1C(=O)O. The van der Waals surface area contributed by atoms with Crippen LogP contribution in [0.3, 0.4) is 0 Å². The normalized spacial score (nSPS) is 11.6. The molecule has 0 saturated carbocycles. The van der Waals surface area contributed by atoms with E-state index in [4.69, 9.17) is 5.11 Å². The molecule has 134 valence electrons. The van der Waals surface area contributed by atoms with Crippen molar-refractivity contribution < 1.29 is 18.3 Å². The molecule has 0 aliphatic carbocycles. The van der Waals surface area contributed by atoms with Gasteiger partial charge in [0.05, 0.1) is 10.5 Å². The van der Waals surface area contributed by atoms with Gasteiger partial charge in [0.25, 0.3) is 0 Å². The van der Waals surface area contributed by atoms with E-state index in [2.05, 4.69) is 4.72 Å². The molecular formula is C20H19NO4S. The fourth-order valence-corrected chi connectivity index (χ4v) is 3.86. The van der Waals surface area contributed by atoms with Gasteiger partial charge in [0.2, 0.25) is 10.0 Å². The predicted molar refractivity (Wildman–Crippen MR) is 101 cm³/mol. The molecule has 3 aromatic rings. The standard InChI is InChI=1S/C20H19NO4S/c1-14-6-9-18(13-19(14)20(22)23)26(24,25)21-11-10-15-7-8-16-4-2-3-5-17(16)12-15/h2-9,12-13,21H,10-11H2,1H3,(H,22,23). The summed E-state index contributed by atoms with van der Waals surface area (Å²) < 4.78 is 27.4. The zero-order chi connectivity index (χ0) is 18.7. The maximum atomic E-state index is 12.4. The smallest absolute Gasteiger partial charge is 0.335 e. The first kappa shape index (κ1) is 18.1. The van der Waals surface area contributed by atoms with Crippen molar-refractivity contribution in [2.24, 2.45) is 0 Å². The molecule has 0 bridgehead atoms. The van der Waals surface area contributed by atoms with Crippen molar-refractivity contribution in [3.63, 3.8) is 0 Å². The lowest BCUT2D eigenvalue weighted by atomic mass is 10.1. The quantitative estimate of drug-likeness (QED) is 0.698. The summed E-state index contributed by atoms with van der Waals surface area (Å²) in [5.74, 6) is -1.14. The molecule has 0 saturated heterocycles. The third-order valence-electron chi connectivity index (χ3n) is 4.27. The van der Waals surface area contributed by atoms with Crippen molar-refractivity contribution in [2.45, 2.75) is 18.2 Å². The van der Waals surface area contributed by atoms with Crippen LogP contribution in [0.4, 0.5) is 0 Å². The largest absolute Gasteiger partial charge is 0.478 e. The number of carbonyl (C=O) groups is 1. The van der Waals surface area contributed by atoms with Crippen LogP contribution in [-0.2, 0) is 16.4 Å². The third kappa shape index (κ3) is 3.92. The fraction of sp³-hybridized carbons (Fsp3) is 0.150. The number of benzene rings is 3. The molecule has 3 rings (SSSR count). The second-order valence-electron chi connectivity index (χ2n) is 6.11. The van der Waals surface area contributed by atoms with Gasteiger partial charge in [-0.15, -0.1) is 0 Å². The molecular weight excluding hydrogens is 350 g/mol. The van der Waals surface area contributed by atoms with Crippen LogP contribution >= 0.6 is 0 Å². The monoisotopic (exact) mass is 369 g/mol. The molecule has 0 heterocycles. The number of hydrogen-bond donors (Lipinski definition) is 2. The van der Waals surface area contributed by atoms with Gasteiger partial charge >= 0.3 is 5.97 Å². The number of aromatic carboxylic acids is 1. The van der Waals surface area contributed by atoms with Crippen molar-refractivity contribution in [3.8, 4) is 0 Å². The molecule has 0 unspecified atom stereocenters. The van der Waals surface area contributed by atoms with Crippen molar-refractivity contribution in [1.29, 1.82) is 0 Å². The molecule has 0 spiro atoms. The Bertz CT molecular complexity index is 1070. The average Bonchev–Trinajstić information content (AvgIpc) is 2.61. The third-order valence-corrected chi connectivity index (χ3v) is 5.73. The van der Waals surface area contributed by atoms with Gasteiger partial charge in [-0.05, 0) is 47.4 Å². The molecule has 3 aromatic carbocycles. The molecule has 26 heavy (non-hydrogen) atoms. The Morgan fingerprint density at radius 3 is 2.46 bits per heavy atom. The van der Waals surface area contributed by atoms with E-state index in [1.54, 1.807) is 6.92 Å². The summed E-state index contributed by atoms with van der Waals surface area (Å²) in [6, 6.07) is 18.1. The van der Waals surface area contributed by atoms with E-state index in [-0.39, 0.29) is 17.0 Å². The number of hydrogen-bond acceptors (Lipinski definition) is 3. The van der Waals surface area contributed by atoms with Crippen molar-refractivity contribution >= 4 is 26.8 Å². The zero-order valence-corrected chi connectivity index (χ0v) is 15.1. The van der Waals surface area contributed by atoms with Crippen molar-refractivity contribution in [2.75, 3.05) is 6.54 Å². The highest BCUT2D eigenvalue weighted by Crippen LogP contribution is 2.17. The number of nitrogens with one attached hydrogen (secondary N) is 1. The van der Waals surface area contributed by atoms with Gasteiger partial charge in [0.1, 0.15) is 0 Å². The Balaban J connectivity index is 1.71. The maximum absolute atomic E-state index is 12.4. The molecule has 2 N–H and O–H groups in total. The summed E-state index contributed by atoms with van der Waals surface area (Å²) in [6.07, 6.45) is 0.543. The number of sulfonamides is 1. The maximum Gasteiger partial charge on any atom is 0.335 e. The minimum atomic E-state index is -3.76. The van der Waals surface area contributed by atoms with E-state index >= 15 is 0 Å². The van der Waals surface area contributed by atoms with Gasteiger partial charge in [-0.1, -0.05) is 48.5 Å². The minimum absolute atomic E-state index is 0.0117. The van der Waals surface area contributed by atoms with Crippen LogP contribution in [0.2, 0.25) is 0 Å². The minimum Gasteiger partial charge on any atom is -0.478 e. The highest BCUT2D eigenvalue weighted by atomic mass is 32.2. The number of carboxylic acids is 1. The van der Waals surface area contributed by atoms with Gasteiger partial charge in [0.15, 0.2) is 0 Å². The molecule has 5 nitrogen and oxygen atoms in total. The summed E-state index contributed by atoms with van der Waals surface area (Å²) in [5, 5.41) is 11.4. The lowest BCUT2D eigenvalue weighted by Gasteiger charge is -2.09. The van der Waals surface area contributed by atoms with Crippen LogP contribution in [0.1, 0.15) is 21.5 Å². The molecule has 0 radical (unpaired) electrons. The zero-order valence-electron chi connectivity index (χ0n) is 14.3. The molecule has 6 heteroatoms. The Kier molecular flexibility index (Phi) is 5.06. The van der Waals surface area contributed by atoms with Gasteiger partial charge in [0, 0.05) is 6.54 Å². The van der Waals surface area contributed by atoms with E-state index in [1.165, 1.54) is 18.2 Å². The van der Waals surface area contributed by atoms with Crippen molar-refractivity contribution in [3.05, 3.63) is 77.4 Å². The number of aryl methyl sites for hydroxylation is 1. The van der Waals surface area contributed by atoms with E-state index < -0.39 is 16.0 Å². The Morgan fingerprint density at radius 1 is 1.00 bits per heavy atom. The molecule has 0 aromatic heterocycles. The van der Waals surface area contributed by atoms with E-state index in [9.17, 15) is 13.2 Å². The molecule has 0 amide bonds. The first-order valence-corrected chi connectivity index (χ1v) is 9.66. The lowest BCUT2D eigenvalue weighted by Crippen LogP contribution is -2.26.